The van der Waals surface area contributed by atoms with Crippen molar-refractivity contribution in [3.63, 3.8) is 0 Å². The van der Waals surface area contributed by atoms with Crippen LogP contribution in [0.3, 0.4) is 0 Å². The molecule has 0 aromatic carbocycles. The Kier molecular flexibility index (Phi) is 4.40. The van der Waals surface area contributed by atoms with Crippen LogP contribution in [0.15, 0.2) is 0 Å². The van der Waals surface area contributed by atoms with Gasteiger partial charge in [0.25, 0.3) is 0 Å². The highest BCUT2D eigenvalue weighted by atomic mass is 16.5. The highest BCUT2D eigenvalue weighted by Crippen LogP contribution is 2.39. The number of methoxy groups -OCH3 is 1. The second-order valence-electron chi connectivity index (χ2n) is 5.91. The first-order chi connectivity index (χ1) is 10.3. The molecule has 0 amide bonds. The molecule has 5 heteroatoms. The maximum atomic E-state index is 5.90. The number of hydrogen-bond acceptors (Lipinski definition) is 5. The lowest BCUT2D eigenvalue weighted by Crippen LogP contribution is -2.34. The van der Waals surface area contributed by atoms with E-state index in [-0.39, 0.29) is 5.60 Å². The smallest absolute Gasteiger partial charge is 0.162 e. The molecule has 1 aromatic heterocycles. The molecule has 0 radical (unpaired) electrons. The molecule has 1 aliphatic carbocycles. The summed E-state index contributed by atoms with van der Waals surface area (Å²) in [7, 11) is 1.80. The maximum absolute atomic E-state index is 5.90. The summed E-state index contributed by atoms with van der Waals surface area (Å²) >= 11 is 0. The van der Waals surface area contributed by atoms with E-state index in [1.54, 1.807) is 7.11 Å². The van der Waals surface area contributed by atoms with Gasteiger partial charge in [0.1, 0.15) is 11.4 Å². The topological polar surface area (TPSA) is 56.3 Å². The Morgan fingerprint density at radius 1 is 1.24 bits per heavy atom. The first-order valence-corrected chi connectivity index (χ1v) is 8.06. The maximum Gasteiger partial charge on any atom is 0.162 e. The third-order valence-corrected chi connectivity index (χ3v) is 4.63. The van der Waals surface area contributed by atoms with E-state index in [1.807, 2.05) is 0 Å². The van der Waals surface area contributed by atoms with E-state index in [1.165, 1.54) is 19.3 Å². The van der Waals surface area contributed by atoms with Gasteiger partial charge >= 0.3 is 0 Å². The Balaban J connectivity index is 2.03. The molecule has 1 aliphatic heterocycles. The van der Waals surface area contributed by atoms with E-state index >= 15 is 0 Å². The predicted octanol–water partition coefficient (Wildman–Crippen LogP) is 2.79. The van der Waals surface area contributed by atoms with Crippen LogP contribution in [-0.4, -0.2) is 30.2 Å². The predicted molar refractivity (Wildman–Crippen MR) is 81.3 cm³/mol. The van der Waals surface area contributed by atoms with Crippen molar-refractivity contribution >= 4 is 5.82 Å². The summed E-state index contributed by atoms with van der Waals surface area (Å²) in [6.07, 6.45) is 6.56. The highest BCUT2D eigenvalue weighted by molar-refractivity contribution is 5.47. The average Bonchev–Trinajstić information content (AvgIpc) is 2.55. The number of rotatable bonds is 4. The summed E-state index contributed by atoms with van der Waals surface area (Å²) in [5.74, 6) is 1.79. The van der Waals surface area contributed by atoms with E-state index in [4.69, 9.17) is 19.4 Å². The lowest BCUT2D eigenvalue weighted by molar-refractivity contribution is -0.0517. The van der Waals surface area contributed by atoms with Crippen LogP contribution in [0.4, 0.5) is 5.82 Å². The normalized spacial score (nSPS) is 20.9. The van der Waals surface area contributed by atoms with Crippen molar-refractivity contribution in [1.29, 1.82) is 0 Å². The van der Waals surface area contributed by atoms with Crippen molar-refractivity contribution < 1.29 is 9.47 Å². The summed E-state index contributed by atoms with van der Waals surface area (Å²) in [6, 6.07) is 0. The van der Waals surface area contributed by atoms with E-state index < -0.39 is 0 Å². The lowest BCUT2D eigenvalue weighted by atomic mass is 9.83. The highest BCUT2D eigenvalue weighted by Gasteiger charge is 2.38. The lowest BCUT2D eigenvalue weighted by Gasteiger charge is -2.35. The van der Waals surface area contributed by atoms with Crippen LogP contribution in [-0.2, 0) is 28.1 Å². The number of nitrogens with one attached hydrogen (secondary N) is 1. The molecule has 3 rings (SSSR count). The van der Waals surface area contributed by atoms with Crippen LogP contribution in [0, 0.1) is 0 Å². The molecule has 116 valence electrons. The van der Waals surface area contributed by atoms with Crippen LogP contribution in [0.5, 0.6) is 0 Å². The number of anilines is 1. The zero-order chi connectivity index (χ0) is 14.7. The second-order valence-corrected chi connectivity index (χ2v) is 5.91. The Morgan fingerprint density at radius 2 is 2.05 bits per heavy atom. The van der Waals surface area contributed by atoms with Gasteiger partial charge in [0.15, 0.2) is 5.82 Å². The van der Waals surface area contributed by atoms with Crippen LogP contribution in [0.2, 0.25) is 0 Å². The van der Waals surface area contributed by atoms with Crippen molar-refractivity contribution in [2.45, 2.75) is 57.7 Å². The standard InChI is InChI=1S/C16H25N3O2/c1-3-17-14-12-11-21-10-7-13(12)18-15(19-14)16(20-2)8-5-4-6-9-16/h3-11H2,1-2H3,(H,17,18,19). The minimum Gasteiger partial charge on any atom is -0.376 e. The van der Waals surface area contributed by atoms with E-state index in [9.17, 15) is 0 Å². The molecule has 5 nitrogen and oxygen atoms in total. The number of hydrogen-bond donors (Lipinski definition) is 1. The Morgan fingerprint density at radius 3 is 2.76 bits per heavy atom. The SMILES string of the molecule is CCNc1nc(C2(OC)CCCCC2)nc2c1COCC2. The van der Waals surface area contributed by atoms with Crippen LogP contribution < -0.4 is 5.32 Å². The van der Waals surface area contributed by atoms with Gasteiger partial charge in [-0.1, -0.05) is 19.3 Å². The first-order valence-electron chi connectivity index (χ1n) is 8.06. The summed E-state index contributed by atoms with van der Waals surface area (Å²) < 4.78 is 11.5. The average molecular weight is 291 g/mol. The van der Waals surface area contributed by atoms with Crippen molar-refractivity contribution in [2.24, 2.45) is 0 Å². The largest absolute Gasteiger partial charge is 0.376 e. The molecule has 1 aromatic rings. The van der Waals surface area contributed by atoms with Crippen molar-refractivity contribution in [3.8, 4) is 0 Å². The molecule has 1 fully saturated rings. The molecular formula is C16H25N3O2. The van der Waals surface area contributed by atoms with Crippen molar-refractivity contribution in [2.75, 3.05) is 25.6 Å². The summed E-state index contributed by atoms with van der Waals surface area (Å²) in [6.45, 7) is 4.29. The summed E-state index contributed by atoms with van der Waals surface area (Å²) in [5, 5.41) is 3.37. The third kappa shape index (κ3) is 2.77. The van der Waals surface area contributed by atoms with E-state index in [0.29, 0.717) is 6.61 Å². The quantitative estimate of drug-likeness (QED) is 0.924. The number of fused-ring (bicyclic) bond motifs is 1. The molecule has 21 heavy (non-hydrogen) atoms. The van der Waals surface area contributed by atoms with Gasteiger partial charge in [0.05, 0.1) is 18.9 Å². The number of ether oxygens (including phenoxy) is 2. The number of aromatic nitrogens is 2. The van der Waals surface area contributed by atoms with Crippen LogP contribution in [0.1, 0.15) is 56.1 Å². The zero-order valence-electron chi connectivity index (χ0n) is 13.1. The van der Waals surface area contributed by atoms with Gasteiger partial charge in [-0.05, 0) is 19.8 Å². The van der Waals surface area contributed by atoms with Gasteiger partial charge in [-0.3, -0.25) is 0 Å². The molecule has 0 saturated heterocycles. The van der Waals surface area contributed by atoms with Gasteiger partial charge in [0, 0.05) is 25.6 Å². The molecule has 0 spiro atoms. The monoisotopic (exact) mass is 291 g/mol. The fraction of sp³-hybridized carbons (Fsp3) is 0.750. The first kappa shape index (κ1) is 14.7. The molecule has 0 bridgehead atoms. The zero-order valence-corrected chi connectivity index (χ0v) is 13.1. The molecule has 1 saturated carbocycles. The fourth-order valence-corrected chi connectivity index (χ4v) is 3.39. The third-order valence-electron chi connectivity index (χ3n) is 4.63. The summed E-state index contributed by atoms with van der Waals surface area (Å²) in [5.41, 5.74) is 1.95. The molecule has 1 N–H and O–H groups in total. The van der Waals surface area contributed by atoms with Gasteiger partial charge in [0.2, 0.25) is 0 Å². The van der Waals surface area contributed by atoms with E-state index in [0.717, 1.165) is 55.3 Å². The summed E-state index contributed by atoms with van der Waals surface area (Å²) in [4.78, 5) is 9.68. The van der Waals surface area contributed by atoms with E-state index in [2.05, 4.69) is 12.2 Å². The molecule has 0 unspecified atom stereocenters. The van der Waals surface area contributed by atoms with Gasteiger partial charge in [-0.25, -0.2) is 9.97 Å². The second kappa shape index (κ2) is 6.28. The molecule has 2 aliphatic rings. The van der Waals surface area contributed by atoms with Crippen LogP contribution >= 0.6 is 0 Å². The molecular weight excluding hydrogens is 266 g/mol. The van der Waals surface area contributed by atoms with Crippen molar-refractivity contribution in [1.82, 2.24) is 9.97 Å². The van der Waals surface area contributed by atoms with Gasteiger partial charge < -0.3 is 14.8 Å². The Hall–Kier alpha value is -1.20. The van der Waals surface area contributed by atoms with Gasteiger partial charge in [-0.2, -0.15) is 0 Å². The van der Waals surface area contributed by atoms with Crippen molar-refractivity contribution in [3.05, 3.63) is 17.1 Å². The molecule has 0 atom stereocenters. The van der Waals surface area contributed by atoms with Crippen LogP contribution in [0.25, 0.3) is 0 Å². The Labute approximate surface area is 126 Å². The minimum absolute atomic E-state index is 0.296. The molecule has 2 heterocycles. The Bertz CT molecular complexity index is 499. The number of nitrogens with zero attached hydrogens (tertiary/aromatic N) is 2. The van der Waals surface area contributed by atoms with Gasteiger partial charge in [-0.15, -0.1) is 0 Å². The fourth-order valence-electron chi connectivity index (χ4n) is 3.39. The minimum atomic E-state index is -0.296.